The largest absolute Gasteiger partial charge is 0.411 e. The predicted octanol–water partition coefficient (Wildman–Crippen LogP) is 7.42. The van der Waals surface area contributed by atoms with Gasteiger partial charge in [0.2, 0.25) is 0 Å². The minimum Gasteiger partial charge on any atom is -0.411 e. The Hall–Kier alpha value is -2.58. The van der Waals surface area contributed by atoms with E-state index in [4.69, 9.17) is 10.7 Å². The summed E-state index contributed by atoms with van der Waals surface area (Å²) >= 11 is 0. The van der Waals surface area contributed by atoms with Crippen LogP contribution in [0.15, 0.2) is 103 Å². The minimum atomic E-state index is 0.0884. The maximum Gasteiger partial charge on any atom is 0.149 e. The second-order valence-electron chi connectivity index (χ2n) is 5.21. The second-order valence-corrected chi connectivity index (χ2v) is 5.21. The van der Waals surface area contributed by atoms with Gasteiger partial charge in [0.05, 0.1) is 0 Å². The van der Waals surface area contributed by atoms with Crippen LogP contribution >= 0.6 is 0 Å². The van der Waals surface area contributed by atoms with Crippen LogP contribution in [0, 0.1) is 0 Å². The van der Waals surface area contributed by atoms with E-state index in [1.165, 1.54) is 5.56 Å². The topological polar surface area (TPSA) is 35.2 Å². The summed E-state index contributed by atoms with van der Waals surface area (Å²) in [5.74, 6) is 5.93. The van der Waals surface area contributed by atoms with Crippen LogP contribution in [-0.2, 0) is 4.84 Å². The van der Waals surface area contributed by atoms with Crippen LogP contribution in [0.3, 0.4) is 0 Å². The van der Waals surface area contributed by atoms with Crippen molar-refractivity contribution in [1.29, 1.82) is 0 Å². The molecule has 0 aliphatic rings. The van der Waals surface area contributed by atoms with Gasteiger partial charge in [0.1, 0.15) is 5.76 Å². The molecule has 2 heteroatoms. The van der Waals surface area contributed by atoms with E-state index in [0.717, 1.165) is 16.7 Å². The molecule has 2 nitrogen and oxygen atoms in total. The van der Waals surface area contributed by atoms with Crippen LogP contribution in [0.5, 0.6) is 0 Å². The Morgan fingerprint density at radius 3 is 1.93 bits per heavy atom. The lowest BCUT2D eigenvalue weighted by atomic mass is 9.84. The Labute approximate surface area is 167 Å². The van der Waals surface area contributed by atoms with Gasteiger partial charge in [-0.3, -0.25) is 0 Å². The van der Waals surface area contributed by atoms with Crippen molar-refractivity contribution >= 4 is 0 Å². The second kappa shape index (κ2) is 16.9. The molecule has 0 aliphatic carbocycles. The third kappa shape index (κ3) is 9.07. The molecule has 0 spiro atoms. The van der Waals surface area contributed by atoms with Crippen molar-refractivity contribution in [3.05, 3.63) is 108 Å². The zero-order chi connectivity index (χ0) is 21.2. The molecule has 0 bridgehead atoms. The molecule has 1 atom stereocenters. The molecule has 1 rings (SSSR count). The SMILES string of the molecule is C=C/C=C(\C=C)C(/C(C)=C/C(C)=C(\C=C)ON)c1ccccc1.CC.CC. The monoisotopic (exact) mass is 367 g/mol. The maximum absolute atomic E-state index is 5.28. The van der Waals surface area contributed by atoms with Crippen molar-refractivity contribution in [3.63, 3.8) is 0 Å². The fraction of sp³-hybridized carbons (Fsp3) is 0.280. The first-order chi connectivity index (χ1) is 13.1. The molecular weight excluding hydrogens is 330 g/mol. The molecule has 0 aliphatic heterocycles. The lowest BCUT2D eigenvalue weighted by Crippen LogP contribution is -2.04. The van der Waals surface area contributed by atoms with Gasteiger partial charge < -0.3 is 4.84 Å². The zero-order valence-electron chi connectivity index (χ0n) is 18.0. The van der Waals surface area contributed by atoms with Crippen LogP contribution in [0.1, 0.15) is 53.0 Å². The van der Waals surface area contributed by atoms with Crippen molar-refractivity contribution in [2.24, 2.45) is 5.90 Å². The van der Waals surface area contributed by atoms with Crippen molar-refractivity contribution in [2.75, 3.05) is 0 Å². The molecule has 0 heterocycles. The molecule has 1 aromatic rings. The first kappa shape index (κ1) is 26.6. The number of hydrogen-bond donors (Lipinski definition) is 1. The van der Waals surface area contributed by atoms with Gasteiger partial charge in [0, 0.05) is 5.92 Å². The minimum absolute atomic E-state index is 0.0884. The zero-order valence-corrected chi connectivity index (χ0v) is 18.0. The third-order valence-electron chi connectivity index (χ3n) is 3.61. The first-order valence-electron chi connectivity index (χ1n) is 9.47. The van der Waals surface area contributed by atoms with Crippen LogP contribution in [-0.4, -0.2) is 0 Å². The Morgan fingerprint density at radius 1 is 0.963 bits per heavy atom. The molecule has 0 saturated carbocycles. The molecule has 0 saturated heterocycles. The van der Waals surface area contributed by atoms with Crippen molar-refractivity contribution in [3.8, 4) is 0 Å². The van der Waals surface area contributed by atoms with Crippen LogP contribution < -0.4 is 5.90 Å². The highest BCUT2D eigenvalue weighted by molar-refractivity contribution is 5.45. The van der Waals surface area contributed by atoms with Gasteiger partial charge in [-0.25, -0.2) is 0 Å². The highest BCUT2D eigenvalue weighted by Gasteiger charge is 2.16. The fourth-order valence-corrected chi connectivity index (χ4v) is 2.58. The van der Waals surface area contributed by atoms with Gasteiger partial charge in [-0.2, -0.15) is 5.90 Å². The summed E-state index contributed by atoms with van der Waals surface area (Å²) in [6.07, 6.45) is 9.28. The van der Waals surface area contributed by atoms with Crippen LogP contribution in [0.4, 0.5) is 0 Å². The highest BCUT2D eigenvalue weighted by Crippen LogP contribution is 2.33. The lowest BCUT2D eigenvalue weighted by Gasteiger charge is -2.20. The Balaban J connectivity index is 0. The number of allylic oxidation sites excluding steroid dienone is 8. The van der Waals surface area contributed by atoms with E-state index in [1.54, 1.807) is 12.2 Å². The van der Waals surface area contributed by atoms with E-state index >= 15 is 0 Å². The van der Waals surface area contributed by atoms with Crippen LogP contribution in [0.2, 0.25) is 0 Å². The van der Waals surface area contributed by atoms with Gasteiger partial charge in [-0.1, -0.05) is 108 Å². The molecule has 0 fully saturated rings. The Kier molecular flexibility index (Phi) is 16.6. The van der Waals surface area contributed by atoms with E-state index < -0.39 is 0 Å². The van der Waals surface area contributed by atoms with Gasteiger partial charge in [-0.05, 0) is 36.6 Å². The number of rotatable bonds is 8. The van der Waals surface area contributed by atoms with Gasteiger partial charge >= 0.3 is 0 Å². The predicted molar refractivity (Wildman–Crippen MR) is 122 cm³/mol. The highest BCUT2D eigenvalue weighted by atomic mass is 16.6. The van der Waals surface area contributed by atoms with Gasteiger partial charge in [0.15, 0.2) is 0 Å². The summed E-state index contributed by atoms with van der Waals surface area (Å²) in [5.41, 5.74) is 4.35. The lowest BCUT2D eigenvalue weighted by molar-refractivity contribution is 0.231. The maximum atomic E-state index is 5.28. The average Bonchev–Trinajstić information content (AvgIpc) is 2.72. The molecule has 0 aromatic heterocycles. The Morgan fingerprint density at radius 2 is 1.52 bits per heavy atom. The van der Waals surface area contributed by atoms with Crippen LogP contribution in [0.25, 0.3) is 0 Å². The first-order valence-corrected chi connectivity index (χ1v) is 9.47. The number of nitrogens with two attached hydrogens (primary N) is 1. The smallest absolute Gasteiger partial charge is 0.149 e. The summed E-state index contributed by atoms with van der Waals surface area (Å²) in [5, 5.41) is 0. The van der Waals surface area contributed by atoms with E-state index in [1.807, 2.05) is 65.0 Å². The summed E-state index contributed by atoms with van der Waals surface area (Å²) in [6, 6.07) is 10.3. The van der Waals surface area contributed by atoms with Crippen molar-refractivity contribution in [1.82, 2.24) is 0 Å². The van der Waals surface area contributed by atoms with E-state index in [-0.39, 0.29) is 5.92 Å². The number of hydrogen-bond acceptors (Lipinski definition) is 2. The van der Waals surface area contributed by atoms with E-state index in [2.05, 4.69) is 44.9 Å². The fourth-order valence-electron chi connectivity index (χ4n) is 2.58. The summed E-state index contributed by atoms with van der Waals surface area (Å²) in [6.45, 7) is 23.5. The molecular formula is C25H37NO. The van der Waals surface area contributed by atoms with E-state index in [9.17, 15) is 0 Å². The van der Waals surface area contributed by atoms with E-state index in [0.29, 0.717) is 5.76 Å². The molecule has 27 heavy (non-hydrogen) atoms. The molecule has 1 aromatic carbocycles. The quantitative estimate of drug-likeness (QED) is 0.295. The summed E-state index contributed by atoms with van der Waals surface area (Å²) in [7, 11) is 0. The average molecular weight is 368 g/mol. The van der Waals surface area contributed by atoms with Gasteiger partial charge in [0.25, 0.3) is 0 Å². The Bertz CT molecular complexity index is 648. The van der Waals surface area contributed by atoms with Gasteiger partial charge in [-0.15, -0.1) is 0 Å². The molecule has 0 amide bonds. The molecule has 148 valence electrons. The molecule has 0 radical (unpaired) electrons. The molecule has 1 unspecified atom stereocenters. The number of benzene rings is 1. The normalized spacial score (nSPS) is 12.9. The van der Waals surface area contributed by atoms with Crippen molar-refractivity contribution < 1.29 is 4.84 Å². The third-order valence-corrected chi connectivity index (χ3v) is 3.61. The molecule has 2 N–H and O–H groups in total. The standard InChI is InChI=1S/C21H25NO.2C2H6/c1-6-12-18(7-2)21(19-13-10-9-11-14-19)17(5)15-16(4)20(8-3)23-22;2*1-2/h6-15,21H,1-3,22H2,4-5H3;2*1-2H3/b17-15+,18-12+,20-16+;;. The summed E-state index contributed by atoms with van der Waals surface area (Å²) < 4.78 is 0. The summed E-state index contributed by atoms with van der Waals surface area (Å²) in [4.78, 5) is 4.85. The van der Waals surface area contributed by atoms with Crippen molar-refractivity contribution in [2.45, 2.75) is 47.5 Å².